The summed E-state index contributed by atoms with van der Waals surface area (Å²) in [7, 11) is 0. The average Bonchev–Trinajstić information content (AvgIpc) is 2.19. The van der Waals surface area contributed by atoms with Crippen LogP contribution in [0, 0.1) is 10.1 Å². The maximum atomic E-state index is 11.3. The third-order valence-electron chi connectivity index (χ3n) is 1.84. The van der Waals surface area contributed by atoms with Crippen molar-refractivity contribution in [1.82, 2.24) is 9.55 Å². The first-order valence-electron chi connectivity index (χ1n) is 4.51. The summed E-state index contributed by atoms with van der Waals surface area (Å²) in [6, 6.07) is 0. The van der Waals surface area contributed by atoms with Crippen LogP contribution >= 0.6 is 0 Å². The normalized spacial score (nSPS) is 11.2. The molecule has 0 aromatic carbocycles. The van der Waals surface area contributed by atoms with Gasteiger partial charge in [-0.25, -0.2) is 9.59 Å². The predicted molar refractivity (Wildman–Crippen MR) is 56.5 cm³/mol. The minimum atomic E-state index is -1.14. The molecule has 0 fully saturated rings. The van der Waals surface area contributed by atoms with Gasteiger partial charge in [0, 0.05) is 12.6 Å². The van der Waals surface area contributed by atoms with E-state index in [1.807, 2.05) is 0 Å². The molecule has 0 spiro atoms. The monoisotopic (exact) mass is 239 g/mol. The highest BCUT2D eigenvalue weighted by molar-refractivity contribution is 5.80. The molecular formula is C9H9N3O5. The van der Waals surface area contributed by atoms with E-state index in [4.69, 9.17) is 5.11 Å². The lowest BCUT2D eigenvalue weighted by Crippen LogP contribution is -2.23. The van der Waals surface area contributed by atoms with Crippen molar-refractivity contribution >= 4 is 11.7 Å². The molecule has 0 aliphatic heterocycles. The number of nitro groups is 1. The first-order chi connectivity index (χ1) is 7.90. The number of rotatable bonds is 4. The van der Waals surface area contributed by atoms with Crippen molar-refractivity contribution in [3.8, 4) is 0 Å². The Labute approximate surface area is 95.0 Å². The Morgan fingerprint density at radius 2 is 2.35 bits per heavy atom. The fourth-order valence-corrected chi connectivity index (χ4v) is 1.18. The maximum Gasteiger partial charge on any atom is 0.348 e. The van der Waals surface area contributed by atoms with E-state index in [9.17, 15) is 19.7 Å². The Hall–Kier alpha value is -2.51. The van der Waals surface area contributed by atoms with Crippen molar-refractivity contribution in [3.05, 3.63) is 44.6 Å². The summed E-state index contributed by atoms with van der Waals surface area (Å²) in [6.45, 7) is 1.44. The topological polar surface area (TPSA) is 115 Å². The van der Waals surface area contributed by atoms with E-state index < -0.39 is 16.6 Å². The van der Waals surface area contributed by atoms with Gasteiger partial charge < -0.3 is 5.11 Å². The van der Waals surface area contributed by atoms with Crippen molar-refractivity contribution in [2.24, 2.45) is 0 Å². The molecule has 0 unspecified atom stereocenters. The summed E-state index contributed by atoms with van der Waals surface area (Å²) >= 11 is 0. The van der Waals surface area contributed by atoms with E-state index in [2.05, 4.69) is 4.98 Å². The van der Waals surface area contributed by atoms with Crippen LogP contribution in [0.15, 0.2) is 28.8 Å². The lowest BCUT2D eigenvalue weighted by molar-refractivity contribution is -0.385. The van der Waals surface area contributed by atoms with Gasteiger partial charge in [-0.05, 0) is 12.5 Å². The van der Waals surface area contributed by atoms with Gasteiger partial charge in [0.25, 0.3) is 0 Å². The third kappa shape index (κ3) is 3.52. The molecule has 0 saturated heterocycles. The second-order valence-electron chi connectivity index (χ2n) is 3.31. The van der Waals surface area contributed by atoms with Crippen LogP contribution in [0.3, 0.4) is 0 Å². The van der Waals surface area contributed by atoms with Crippen molar-refractivity contribution in [2.75, 3.05) is 0 Å². The summed E-state index contributed by atoms with van der Waals surface area (Å²) in [6.07, 6.45) is 2.80. The molecule has 0 aliphatic rings. The molecule has 1 aromatic heterocycles. The lowest BCUT2D eigenvalue weighted by Gasteiger charge is -2.03. The molecule has 0 bridgehead atoms. The van der Waals surface area contributed by atoms with Gasteiger partial charge >= 0.3 is 17.3 Å². The van der Waals surface area contributed by atoms with Crippen LogP contribution in [0.25, 0.3) is 0 Å². The summed E-state index contributed by atoms with van der Waals surface area (Å²) in [4.78, 5) is 34.8. The summed E-state index contributed by atoms with van der Waals surface area (Å²) in [5, 5.41) is 19.0. The number of hydrogen-bond acceptors (Lipinski definition) is 5. The summed E-state index contributed by atoms with van der Waals surface area (Å²) in [5.41, 5.74) is -0.622. The fourth-order valence-electron chi connectivity index (χ4n) is 1.18. The van der Waals surface area contributed by atoms with Crippen LogP contribution in [0.5, 0.6) is 0 Å². The molecular weight excluding hydrogens is 230 g/mol. The number of hydrogen-bond donors (Lipinski definition) is 1. The van der Waals surface area contributed by atoms with Gasteiger partial charge in [-0.1, -0.05) is 0 Å². The Bertz CT molecular complexity index is 546. The van der Waals surface area contributed by atoms with E-state index in [1.165, 1.54) is 6.92 Å². The highest BCUT2D eigenvalue weighted by atomic mass is 16.6. The molecule has 0 amide bonds. The van der Waals surface area contributed by atoms with Gasteiger partial charge in [0.15, 0.2) is 0 Å². The minimum absolute atomic E-state index is 0.0557. The minimum Gasteiger partial charge on any atom is -0.478 e. The van der Waals surface area contributed by atoms with Crippen molar-refractivity contribution in [1.29, 1.82) is 0 Å². The van der Waals surface area contributed by atoms with Crippen molar-refractivity contribution < 1.29 is 14.8 Å². The lowest BCUT2D eigenvalue weighted by atomic mass is 10.3. The van der Waals surface area contributed by atoms with Crippen LogP contribution in [-0.2, 0) is 11.3 Å². The fraction of sp³-hybridized carbons (Fsp3) is 0.222. The zero-order valence-electron chi connectivity index (χ0n) is 8.86. The molecule has 17 heavy (non-hydrogen) atoms. The van der Waals surface area contributed by atoms with Gasteiger partial charge in [0.2, 0.25) is 0 Å². The number of aromatic nitrogens is 2. The van der Waals surface area contributed by atoms with E-state index in [0.29, 0.717) is 5.57 Å². The number of carboxylic acids is 1. The first kappa shape index (κ1) is 12.6. The maximum absolute atomic E-state index is 11.3. The smallest absolute Gasteiger partial charge is 0.348 e. The van der Waals surface area contributed by atoms with Crippen LogP contribution in [0.1, 0.15) is 6.92 Å². The second kappa shape index (κ2) is 5.01. The number of aliphatic carboxylic acids is 1. The molecule has 1 aromatic rings. The van der Waals surface area contributed by atoms with E-state index in [1.54, 1.807) is 0 Å². The Balaban J connectivity index is 3.06. The molecule has 8 heteroatoms. The zero-order chi connectivity index (χ0) is 13.0. The highest BCUT2D eigenvalue weighted by Gasteiger charge is 2.09. The molecule has 8 nitrogen and oxygen atoms in total. The van der Waals surface area contributed by atoms with Crippen LogP contribution in [0.2, 0.25) is 0 Å². The van der Waals surface area contributed by atoms with Gasteiger partial charge in [0.05, 0.1) is 11.1 Å². The average molecular weight is 239 g/mol. The first-order valence-corrected chi connectivity index (χ1v) is 4.51. The van der Waals surface area contributed by atoms with Crippen LogP contribution in [0.4, 0.5) is 5.69 Å². The Morgan fingerprint density at radius 3 is 2.88 bits per heavy atom. The second-order valence-corrected chi connectivity index (χ2v) is 3.31. The summed E-state index contributed by atoms with van der Waals surface area (Å²) < 4.78 is 0.979. The molecule has 90 valence electrons. The standard InChI is InChI=1S/C9H9N3O5/c1-6(2-8(13)14)4-11-5-7(12(16)17)3-10-9(11)15/h2-3,5H,4H2,1H3,(H,13,14)/b6-2-. The Kier molecular flexibility index (Phi) is 3.70. The van der Waals surface area contributed by atoms with Crippen LogP contribution < -0.4 is 5.69 Å². The largest absolute Gasteiger partial charge is 0.478 e. The third-order valence-corrected chi connectivity index (χ3v) is 1.84. The SMILES string of the molecule is C/C(=C/C(=O)O)Cn1cc([N+](=O)[O-])cnc1=O. The molecule has 0 aliphatic carbocycles. The highest BCUT2D eigenvalue weighted by Crippen LogP contribution is 2.06. The van der Waals surface area contributed by atoms with Gasteiger partial charge in [0.1, 0.15) is 6.20 Å². The molecule has 1 N–H and O–H groups in total. The van der Waals surface area contributed by atoms with Gasteiger partial charge in [-0.3, -0.25) is 14.7 Å². The van der Waals surface area contributed by atoms with Gasteiger partial charge in [-0.15, -0.1) is 0 Å². The molecule has 0 radical (unpaired) electrons. The van der Waals surface area contributed by atoms with Crippen molar-refractivity contribution in [2.45, 2.75) is 13.5 Å². The zero-order valence-corrected chi connectivity index (χ0v) is 8.86. The number of carbonyl (C=O) groups is 1. The number of nitrogens with zero attached hydrogens (tertiary/aromatic N) is 3. The van der Waals surface area contributed by atoms with E-state index >= 15 is 0 Å². The molecule has 0 atom stereocenters. The number of carboxylic acid groups (broad SMARTS) is 1. The predicted octanol–water partition coefficient (Wildman–Crippen LogP) is 0.182. The summed E-state index contributed by atoms with van der Waals surface area (Å²) in [5.74, 6) is -1.14. The van der Waals surface area contributed by atoms with Crippen LogP contribution in [-0.4, -0.2) is 25.6 Å². The van der Waals surface area contributed by atoms with Crippen molar-refractivity contribution in [3.63, 3.8) is 0 Å². The molecule has 1 heterocycles. The quantitative estimate of drug-likeness (QED) is 0.455. The number of allylic oxidation sites excluding steroid dienone is 1. The molecule has 0 saturated carbocycles. The Morgan fingerprint density at radius 1 is 1.71 bits per heavy atom. The molecule has 1 rings (SSSR count). The van der Waals surface area contributed by atoms with Gasteiger partial charge in [-0.2, -0.15) is 4.98 Å². The van der Waals surface area contributed by atoms with E-state index in [-0.39, 0.29) is 12.2 Å². The van der Waals surface area contributed by atoms with E-state index in [0.717, 1.165) is 23.0 Å².